The van der Waals surface area contributed by atoms with E-state index >= 15 is 0 Å². The molecule has 0 spiro atoms. The Bertz CT molecular complexity index is 533. The number of rotatable bonds is 2. The van der Waals surface area contributed by atoms with Crippen LogP contribution in [0.15, 0.2) is 18.2 Å². The van der Waals surface area contributed by atoms with E-state index in [1.807, 2.05) is 0 Å². The largest absolute Gasteiger partial charge is 0.496 e. The van der Waals surface area contributed by atoms with Gasteiger partial charge in [-0.15, -0.1) is 0 Å². The fraction of sp³-hybridized carbons (Fsp3) is 0.100. The van der Waals surface area contributed by atoms with E-state index in [9.17, 15) is 4.79 Å². The third-order valence-corrected chi connectivity index (χ3v) is 2.54. The van der Waals surface area contributed by atoms with Crippen LogP contribution in [0, 0.1) is 0 Å². The Morgan fingerprint density at radius 1 is 1.53 bits per heavy atom. The van der Waals surface area contributed by atoms with Gasteiger partial charge >= 0.3 is 5.97 Å². The minimum absolute atomic E-state index is 0.0174. The number of H-pyrrole nitrogens is 1. The number of ether oxygens (including phenoxy) is 1. The van der Waals surface area contributed by atoms with Crippen LogP contribution >= 0.6 is 11.6 Å². The molecule has 78 valence electrons. The summed E-state index contributed by atoms with van der Waals surface area (Å²) in [6.07, 6.45) is 0. The van der Waals surface area contributed by atoms with Crippen molar-refractivity contribution in [1.29, 1.82) is 0 Å². The molecule has 0 aliphatic rings. The maximum atomic E-state index is 10.8. The van der Waals surface area contributed by atoms with Crippen LogP contribution < -0.4 is 4.74 Å². The molecule has 0 unspecified atom stereocenters. The van der Waals surface area contributed by atoms with Crippen LogP contribution in [0.4, 0.5) is 0 Å². The maximum Gasteiger partial charge on any atom is 0.353 e. The molecule has 0 saturated carbocycles. The minimum atomic E-state index is -1.08. The second-order valence-corrected chi connectivity index (χ2v) is 3.38. The van der Waals surface area contributed by atoms with Crippen molar-refractivity contribution < 1.29 is 14.6 Å². The molecule has 2 rings (SSSR count). The fourth-order valence-electron chi connectivity index (χ4n) is 1.49. The molecule has 0 aliphatic carbocycles. The van der Waals surface area contributed by atoms with Crippen molar-refractivity contribution >= 4 is 28.5 Å². The van der Waals surface area contributed by atoms with Crippen molar-refractivity contribution in [2.45, 2.75) is 0 Å². The van der Waals surface area contributed by atoms with E-state index in [-0.39, 0.29) is 10.7 Å². The topological polar surface area (TPSA) is 62.3 Å². The number of carboxylic acid groups (broad SMARTS) is 1. The lowest BCUT2D eigenvalue weighted by Crippen LogP contribution is -1.96. The van der Waals surface area contributed by atoms with Gasteiger partial charge in [0.15, 0.2) is 0 Å². The molecular formula is C10H8ClNO3. The number of aromatic nitrogens is 1. The normalized spacial score (nSPS) is 10.5. The second-order valence-electron chi connectivity index (χ2n) is 3.00. The molecule has 15 heavy (non-hydrogen) atoms. The van der Waals surface area contributed by atoms with Crippen LogP contribution in [0.3, 0.4) is 0 Å². The summed E-state index contributed by atoms with van der Waals surface area (Å²) in [4.78, 5) is 13.6. The fourth-order valence-corrected chi connectivity index (χ4v) is 1.82. The number of aromatic carboxylic acids is 1. The molecule has 1 aromatic heterocycles. The predicted molar refractivity (Wildman–Crippen MR) is 56.8 cm³/mol. The lowest BCUT2D eigenvalue weighted by molar-refractivity contribution is 0.0692. The molecule has 1 heterocycles. The highest BCUT2D eigenvalue weighted by atomic mass is 35.5. The number of methoxy groups -OCH3 is 1. The quantitative estimate of drug-likeness (QED) is 0.826. The Labute approximate surface area is 90.4 Å². The Kier molecular flexibility index (Phi) is 2.28. The first-order valence-electron chi connectivity index (χ1n) is 4.22. The van der Waals surface area contributed by atoms with Gasteiger partial charge < -0.3 is 14.8 Å². The molecule has 0 saturated heterocycles. The van der Waals surface area contributed by atoms with Crippen LogP contribution in [-0.2, 0) is 0 Å². The molecule has 0 radical (unpaired) electrons. The number of nitrogens with one attached hydrogen (secondary N) is 1. The smallest absolute Gasteiger partial charge is 0.353 e. The molecule has 4 nitrogen and oxygen atoms in total. The van der Waals surface area contributed by atoms with E-state index < -0.39 is 5.97 Å². The maximum absolute atomic E-state index is 10.8. The highest BCUT2D eigenvalue weighted by molar-refractivity contribution is 6.39. The van der Waals surface area contributed by atoms with Gasteiger partial charge in [-0.1, -0.05) is 17.7 Å². The van der Waals surface area contributed by atoms with Gasteiger partial charge in [0.05, 0.1) is 23.0 Å². The number of carboxylic acids is 1. The highest BCUT2D eigenvalue weighted by Crippen LogP contribution is 2.34. The first kappa shape index (κ1) is 9.86. The monoisotopic (exact) mass is 225 g/mol. The molecule has 0 fully saturated rings. The third kappa shape index (κ3) is 1.43. The van der Waals surface area contributed by atoms with Gasteiger partial charge in [-0.3, -0.25) is 0 Å². The molecule has 0 amide bonds. The van der Waals surface area contributed by atoms with Gasteiger partial charge in [-0.05, 0) is 12.1 Å². The number of hydrogen-bond acceptors (Lipinski definition) is 2. The number of aromatic amines is 1. The third-order valence-electron chi connectivity index (χ3n) is 2.16. The van der Waals surface area contributed by atoms with Gasteiger partial charge in [0.2, 0.25) is 0 Å². The summed E-state index contributed by atoms with van der Waals surface area (Å²) in [5.41, 5.74) is 0.632. The summed E-state index contributed by atoms with van der Waals surface area (Å²) >= 11 is 5.94. The van der Waals surface area contributed by atoms with Gasteiger partial charge in [-0.2, -0.15) is 0 Å². The second kappa shape index (κ2) is 3.47. The number of benzene rings is 1. The number of fused-ring (bicyclic) bond motifs is 1. The zero-order valence-corrected chi connectivity index (χ0v) is 8.63. The summed E-state index contributed by atoms with van der Waals surface area (Å²) in [7, 11) is 1.51. The standard InChI is InChI=1S/C10H8ClNO3/c1-15-6-4-2-3-5-7(6)8(11)9(12-5)10(13)14/h2-4,12H,1H3,(H,13,14). The lowest BCUT2D eigenvalue weighted by atomic mass is 10.2. The average Bonchev–Trinajstić information content (AvgIpc) is 2.56. The SMILES string of the molecule is COc1cccc2[nH]c(C(=O)O)c(Cl)c12. The molecule has 2 N–H and O–H groups in total. The molecular weight excluding hydrogens is 218 g/mol. The van der Waals surface area contributed by atoms with Crippen LogP contribution in [0.25, 0.3) is 10.9 Å². The molecule has 0 bridgehead atoms. The van der Waals surface area contributed by atoms with E-state index in [1.165, 1.54) is 7.11 Å². The Morgan fingerprint density at radius 3 is 2.87 bits per heavy atom. The van der Waals surface area contributed by atoms with E-state index in [4.69, 9.17) is 21.4 Å². The van der Waals surface area contributed by atoms with Gasteiger partial charge in [0, 0.05) is 0 Å². The molecule has 0 atom stereocenters. The van der Waals surface area contributed by atoms with Gasteiger partial charge in [0.1, 0.15) is 11.4 Å². The molecule has 0 aliphatic heterocycles. The van der Waals surface area contributed by atoms with Crippen molar-refractivity contribution in [3.8, 4) is 5.75 Å². The van der Waals surface area contributed by atoms with Crippen LogP contribution in [0.1, 0.15) is 10.5 Å². The summed E-state index contributed by atoms with van der Waals surface area (Å²) in [6, 6.07) is 5.24. The molecule has 2 aromatic rings. The number of halogens is 1. The Hall–Kier alpha value is -1.68. The average molecular weight is 226 g/mol. The number of hydrogen-bond donors (Lipinski definition) is 2. The number of carbonyl (C=O) groups is 1. The van der Waals surface area contributed by atoms with Crippen LogP contribution in [-0.4, -0.2) is 23.2 Å². The zero-order chi connectivity index (χ0) is 11.0. The van der Waals surface area contributed by atoms with E-state index in [0.717, 1.165) is 0 Å². The van der Waals surface area contributed by atoms with Crippen molar-refractivity contribution in [2.75, 3.05) is 7.11 Å². The van der Waals surface area contributed by atoms with Gasteiger partial charge in [-0.25, -0.2) is 4.79 Å². The van der Waals surface area contributed by atoms with Gasteiger partial charge in [0.25, 0.3) is 0 Å². The summed E-state index contributed by atoms with van der Waals surface area (Å²) < 4.78 is 5.10. The lowest BCUT2D eigenvalue weighted by Gasteiger charge is -2.00. The predicted octanol–water partition coefficient (Wildman–Crippen LogP) is 2.53. The minimum Gasteiger partial charge on any atom is -0.496 e. The molecule has 1 aromatic carbocycles. The first-order chi connectivity index (χ1) is 7.15. The summed E-state index contributed by atoms with van der Waals surface area (Å²) in [5.74, 6) is -0.528. The zero-order valence-electron chi connectivity index (χ0n) is 7.87. The van der Waals surface area contributed by atoms with Crippen molar-refractivity contribution in [3.63, 3.8) is 0 Å². The van der Waals surface area contributed by atoms with Crippen molar-refractivity contribution in [3.05, 3.63) is 28.9 Å². The van der Waals surface area contributed by atoms with Crippen molar-refractivity contribution in [2.24, 2.45) is 0 Å². The Balaban J connectivity index is 2.82. The first-order valence-corrected chi connectivity index (χ1v) is 4.60. The van der Waals surface area contributed by atoms with E-state index in [2.05, 4.69) is 4.98 Å². The van der Waals surface area contributed by atoms with E-state index in [1.54, 1.807) is 18.2 Å². The Morgan fingerprint density at radius 2 is 2.27 bits per heavy atom. The highest BCUT2D eigenvalue weighted by Gasteiger charge is 2.17. The summed E-state index contributed by atoms with van der Waals surface area (Å²) in [5, 5.41) is 9.65. The van der Waals surface area contributed by atoms with E-state index in [0.29, 0.717) is 16.7 Å². The van der Waals surface area contributed by atoms with Crippen LogP contribution in [0.2, 0.25) is 5.02 Å². The molecule has 5 heteroatoms. The summed E-state index contributed by atoms with van der Waals surface area (Å²) in [6.45, 7) is 0. The van der Waals surface area contributed by atoms with Crippen molar-refractivity contribution in [1.82, 2.24) is 4.98 Å². The van der Waals surface area contributed by atoms with Crippen LogP contribution in [0.5, 0.6) is 5.75 Å².